The summed E-state index contributed by atoms with van der Waals surface area (Å²) < 4.78 is 16.7. The molecule has 6 heteroatoms. The molecule has 0 spiro atoms. The van der Waals surface area contributed by atoms with Crippen LogP contribution in [0.2, 0.25) is 0 Å². The van der Waals surface area contributed by atoms with E-state index in [2.05, 4.69) is 20.8 Å². The average Bonchev–Trinajstić information content (AvgIpc) is 3.12. The van der Waals surface area contributed by atoms with Gasteiger partial charge in [-0.15, -0.1) is 0 Å². The van der Waals surface area contributed by atoms with Crippen molar-refractivity contribution in [1.82, 2.24) is 0 Å². The van der Waals surface area contributed by atoms with E-state index in [0.29, 0.717) is 36.0 Å². The van der Waals surface area contributed by atoms with Crippen LogP contribution in [0, 0.1) is 46.3 Å². The van der Waals surface area contributed by atoms with E-state index in [1.165, 1.54) is 33.8 Å². The number of hydrogen-bond donors (Lipinski definition) is 0. The Hall–Kier alpha value is -1.59. The molecule has 4 aliphatic rings. The van der Waals surface area contributed by atoms with Gasteiger partial charge < -0.3 is 14.2 Å². The Morgan fingerprint density at radius 2 is 1.62 bits per heavy atom. The van der Waals surface area contributed by atoms with Crippen LogP contribution in [0.5, 0.6) is 0 Å². The fourth-order valence-electron chi connectivity index (χ4n) is 9.32. The maximum atomic E-state index is 12.3. The lowest BCUT2D eigenvalue weighted by Crippen LogP contribution is -2.59. The molecular weight excluding hydrogens is 432 g/mol. The van der Waals surface area contributed by atoms with Crippen LogP contribution in [-0.4, -0.2) is 37.2 Å². The van der Waals surface area contributed by atoms with Crippen molar-refractivity contribution in [3.8, 4) is 0 Å². The Kier molecular flexibility index (Phi) is 7.10. The highest BCUT2D eigenvalue weighted by Crippen LogP contribution is 2.69. The van der Waals surface area contributed by atoms with Gasteiger partial charge in [0.2, 0.25) is 0 Å². The highest BCUT2D eigenvalue weighted by Gasteiger charge is 2.65. The molecule has 0 saturated heterocycles. The predicted molar refractivity (Wildman–Crippen MR) is 128 cm³/mol. The van der Waals surface area contributed by atoms with E-state index >= 15 is 0 Å². The lowest BCUT2D eigenvalue weighted by atomic mass is 9.43. The van der Waals surface area contributed by atoms with Gasteiger partial charge in [0.05, 0.1) is 7.11 Å². The smallest absolute Gasteiger partial charge is 0.305 e. The number of ether oxygens (including phenoxy) is 3. The summed E-state index contributed by atoms with van der Waals surface area (Å²) in [4.78, 5) is 35.9. The van der Waals surface area contributed by atoms with E-state index in [-0.39, 0.29) is 46.9 Å². The molecule has 4 fully saturated rings. The van der Waals surface area contributed by atoms with Crippen LogP contribution in [0.15, 0.2) is 0 Å². The molecular formula is C28H44O6. The molecule has 4 rings (SSSR count). The summed E-state index contributed by atoms with van der Waals surface area (Å²) in [5, 5.41) is 0. The van der Waals surface area contributed by atoms with E-state index in [1.807, 2.05) is 0 Å². The van der Waals surface area contributed by atoms with Crippen LogP contribution in [0.4, 0.5) is 0 Å². The minimum Gasteiger partial charge on any atom is -0.469 e. The molecule has 192 valence electrons. The van der Waals surface area contributed by atoms with E-state index in [1.54, 1.807) is 0 Å². The van der Waals surface area contributed by atoms with Gasteiger partial charge >= 0.3 is 17.9 Å². The van der Waals surface area contributed by atoms with Crippen LogP contribution in [0.1, 0.15) is 92.4 Å². The van der Waals surface area contributed by atoms with Gasteiger partial charge in [0.25, 0.3) is 0 Å². The second-order valence-corrected chi connectivity index (χ2v) is 12.3. The summed E-state index contributed by atoms with van der Waals surface area (Å²) >= 11 is 0. The minimum absolute atomic E-state index is 0.0419. The van der Waals surface area contributed by atoms with Gasteiger partial charge in [0.15, 0.2) is 0 Å². The first-order valence-electron chi connectivity index (χ1n) is 13.4. The van der Waals surface area contributed by atoms with Gasteiger partial charge in [-0.1, -0.05) is 20.8 Å². The maximum absolute atomic E-state index is 12.3. The molecule has 0 bridgehead atoms. The summed E-state index contributed by atoms with van der Waals surface area (Å²) in [6, 6.07) is 0. The third-order valence-electron chi connectivity index (χ3n) is 10.8. The largest absolute Gasteiger partial charge is 0.469 e. The molecule has 34 heavy (non-hydrogen) atoms. The van der Waals surface area contributed by atoms with Crippen LogP contribution >= 0.6 is 0 Å². The summed E-state index contributed by atoms with van der Waals surface area (Å²) in [6.45, 7) is 10.0. The number of hydrogen-bond acceptors (Lipinski definition) is 6. The summed E-state index contributed by atoms with van der Waals surface area (Å²) in [5.41, 5.74) is 0.0768. The summed E-state index contributed by atoms with van der Waals surface area (Å²) in [6.07, 6.45) is 8.79. The van der Waals surface area contributed by atoms with Crippen LogP contribution < -0.4 is 0 Å². The van der Waals surface area contributed by atoms with Crippen molar-refractivity contribution in [1.29, 1.82) is 0 Å². The zero-order valence-electron chi connectivity index (χ0n) is 21.9. The van der Waals surface area contributed by atoms with Crippen molar-refractivity contribution in [2.24, 2.45) is 46.3 Å². The maximum Gasteiger partial charge on any atom is 0.305 e. The zero-order valence-corrected chi connectivity index (χ0v) is 21.9. The lowest BCUT2D eigenvalue weighted by molar-refractivity contribution is -0.198. The van der Waals surface area contributed by atoms with Gasteiger partial charge in [-0.25, -0.2) is 0 Å². The fourth-order valence-corrected chi connectivity index (χ4v) is 9.32. The molecule has 0 heterocycles. The van der Waals surface area contributed by atoms with Gasteiger partial charge in [-0.3, -0.25) is 14.4 Å². The monoisotopic (exact) mass is 476 g/mol. The molecule has 10 atom stereocenters. The summed E-state index contributed by atoms with van der Waals surface area (Å²) in [7, 11) is 1.45. The lowest BCUT2D eigenvalue weighted by Gasteiger charge is -2.62. The minimum atomic E-state index is -0.203. The van der Waals surface area contributed by atoms with E-state index in [9.17, 15) is 14.4 Å². The number of fused-ring (bicyclic) bond motifs is 5. The standard InChI is InChI=1S/C28H44O6/c1-16(13-26(31)32-6)22-9-10-23-21-8-7-19-14-20(33-17(2)29)11-12-27(19,4)24(21)15-25(28(22,23)5)34-18(3)30/h16,19-25H,7-15H2,1-6H3. The number of carbonyl (C=O) groups excluding carboxylic acids is 3. The topological polar surface area (TPSA) is 78.9 Å². The molecule has 0 amide bonds. The highest BCUT2D eigenvalue weighted by molar-refractivity contribution is 5.69. The Morgan fingerprint density at radius 1 is 0.912 bits per heavy atom. The van der Waals surface area contributed by atoms with Crippen LogP contribution in [0.25, 0.3) is 0 Å². The number of rotatable bonds is 5. The van der Waals surface area contributed by atoms with Gasteiger partial charge in [-0.05, 0) is 92.3 Å². The molecule has 0 aromatic carbocycles. The first-order valence-corrected chi connectivity index (χ1v) is 13.4. The van der Waals surface area contributed by atoms with Gasteiger partial charge in [0, 0.05) is 25.7 Å². The predicted octanol–water partition coefficient (Wildman–Crippen LogP) is 5.32. The van der Waals surface area contributed by atoms with Crippen molar-refractivity contribution >= 4 is 17.9 Å². The molecule has 4 aliphatic carbocycles. The second kappa shape index (κ2) is 9.46. The Bertz CT molecular complexity index is 809. The van der Waals surface area contributed by atoms with Crippen molar-refractivity contribution in [2.45, 2.75) is 105 Å². The van der Waals surface area contributed by atoms with Gasteiger partial charge in [-0.2, -0.15) is 0 Å². The quantitative estimate of drug-likeness (QED) is 0.395. The van der Waals surface area contributed by atoms with Crippen molar-refractivity contribution in [3.63, 3.8) is 0 Å². The zero-order chi connectivity index (χ0) is 24.8. The Morgan fingerprint density at radius 3 is 2.26 bits per heavy atom. The first kappa shape index (κ1) is 25.5. The fraction of sp³-hybridized carbons (Fsp3) is 0.893. The number of carbonyl (C=O) groups is 3. The molecule has 4 saturated carbocycles. The number of methoxy groups -OCH3 is 1. The second-order valence-electron chi connectivity index (χ2n) is 12.3. The molecule has 0 N–H and O–H groups in total. The molecule has 0 radical (unpaired) electrons. The molecule has 10 unspecified atom stereocenters. The van der Waals surface area contributed by atoms with Crippen molar-refractivity contribution in [2.75, 3.05) is 7.11 Å². The molecule has 0 aromatic rings. The average molecular weight is 477 g/mol. The normalized spacial score (nSPS) is 44.1. The van der Waals surface area contributed by atoms with Crippen molar-refractivity contribution in [3.05, 3.63) is 0 Å². The third kappa shape index (κ3) is 4.28. The van der Waals surface area contributed by atoms with Gasteiger partial charge in [0.1, 0.15) is 12.2 Å². The number of esters is 3. The van der Waals surface area contributed by atoms with E-state index < -0.39 is 0 Å². The molecule has 6 nitrogen and oxygen atoms in total. The first-order chi connectivity index (χ1) is 16.0. The molecule has 0 aliphatic heterocycles. The SMILES string of the molecule is COC(=O)CC(C)C1CCC2C3CCC4CC(OC(C)=O)CCC4(C)C3CC(OC(C)=O)C12C. The van der Waals surface area contributed by atoms with E-state index in [0.717, 1.165) is 38.5 Å². The highest BCUT2D eigenvalue weighted by atomic mass is 16.5. The van der Waals surface area contributed by atoms with E-state index in [4.69, 9.17) is 14.2 Å². The molecule has 0 aromatic heterocycles. The third-order valence-corrected chi connectivity index (χ3v) is 10.8. The van der Waals surface area contributed by atoms with Crippen LogP contribution in [-0.2, 0) is 28.6 Å². The van der Waals surface area contributed by atoms with Crippen molar-refractivity contribution < 1.29 is 28.6 Å². The Labute approximate surface area is 204 Å². The van der Waals surface area contributed by atoms with Crippen LogP contribution in [0.3, 0.4) is 0 Å². The summed E-state index contributed by atoms with van der Waals surface area (Å²) in [5.74, 6) is 2.19. The Balaban J connectivity index is 1.61.